The second-order valence-electron chi connectivity index (χ2n) is 18.5. The van der Waals surface area contributed by atoms with Crippen molar-refractivity contribution in [3.8, 4) is 0 Å². The summed E-state index contributed by atoms with van der Waals surface area (Å²) >= 11 is 0. The number of unbranched alkanes of at least 4 members (excludes halogenated alkanes) is 16. The van der Waals surface area contributed by atoms with Gasteiger partial charge < -0.3 is 23.8 Å². The molecule has 0 spiro atoms. The van der Waals surface area contributed by atoms with Crippen molar-refractivity contribution in [2.24, 2.45) is 23.7 Å². The molecule has 0 N–H and O–H groups in total. The fraction of sp³-hybridized carbons (Fsp3) is 0.961. The van der Waals surface area contributed by atoms with Gasteiger partial charge in [-0.15, -0.1) is 0 Å². The molecule has 1 fully saturated rings. The van der Waals surface area contributed by atoms with Gasteiger partial charge in [0.05, 0.1) is 26.4 Å². The Kier molecular flexibility index (Phi) is 38.9. The van der Waals surface area contributed by atoms with Gasteiger partial charge in [-0.2, -0.15) is 0 Å². The van der Waals surface area contributed by atoms with E-state index in [4.69, 9.17) is 18.9 Å². The van der Waals surface area contributed by atoms with Crippen LogP contribution in [0.2, 0.25) is 0 Å². The summed E-state index contributed by atoms with van der Waals surface area (Å²) in [5.41, 5.74) is 0. The highest BCUT2D eigenvalue weighted by Gasteiger charge is 2.19. The van der Waals surface area contributed by atoms with Gasteiger partial charge in [0.1, 0.15) is 6.79 Å². The Bertz CT molecular complexity index is 824. The normalized spacial score (nSPS) is 14.7. The molecule has 0 saturated carbocycles. The number of rotatable bonds is 44. The molecule has 0 bridgehead atoms. The molecule has 1 atom stereocenters. The van der Waals surface area contributed by atoms with E-state index in [2.05, 4.69) is 39.6 Å². The monoisotopic (exact) mass is 822 g/mol. The van der Waals surface area contributed by atoms with Gasteiger partial charge in [0.25, 0.3) is 0 Å². The summed E-state index contributed by atoms with van der Waals surface area (Å²) in [6, 6.07) is 0. The van der Waals surface area contributed by atoms with Gasteiger partial charge in [-0.1, -0.05) is 182 Å². The van der Waals surface area contributed by atoms with E-state index in [1.165, 1.54) is 167 Å². The number of esters is 2. The molecule has 1 aliphatic rings. The van der Waals surface area contributed by atoms with Crippen molar-refractivity contribution in [3.63, 3.8) is 0 Å². The average molecular weight is 822 g/mol. The first kappa shape index (κ1) is 54.8. The molecular weight excluding hydrogens is 723 g/mol. The summed E-state index contributed by atoms with van der Waals surface area (Å²) in [4.78, 5) is 27.2. The molecule has 0 aromatic carbocycles. The Labute approximate surface area is 361 Å². The Morgan fingerprint density at radius 1 is 0.500 bits per heavy atom. The molecule has 344 valence electrons. The molecular formula is C51H99NO6. The number of carbonyl (C=O) groups excluding carboxylic acids is 2. The predicted molar refractivity (Wildman–Crippen MR) is 245 cm³/mol. The number of hydrogen-bond acceptors (Lipinski definition) is 7. The van der Waals surface area contributed by atoms with Gasteiger partial charge in [0.2, 0.25) is 0 Å². The van der Waals surface area contributed by atoms with Crippen LogP contribution in [0.25, 0.3) is 0 Å². The van der Waals surface area contributed by atoms with E-state index in [1.54, 1.807) is 0 Å². The van der Waals surface area contributed by atoms with Crippen molar-refractivity contribution in [1.29, 1.82) is 0 Å². The van der Waals surface area contributed by atoms with Crippen LogP contribution in [0, 0.1) is 23.7 Å². The zero-order chi connectivity index (χ0) is 42.2. The zero-order valence-corrected chi connectivity index (χ0v) is 39.5. The quantitative estimate of drug-likeness (QED) is 0.0344. The highest BCUT2D eigenvalue weighted by Crippen LogP contribution is 2.24. The van der Waals surface area contributed by atoms with Crippen molar-refractivity contribution in [3.05, 3.63) is 0 Å². The number of ether oxygens (including phenoxy) is 4. The van der Waals surface area contributed by atoms with E-state index in [0.29, 0.717) is 56.5 Å². The van der Waals surface area contributed by atoms with Gasteiger partial charge in [0.15, 0.2) is 0 Å². The average Bonchev–Trinajstić information content (AvgIpc) is 3.63. The topological polar surface area (TPSA) is 74.3 Å². The minimum atomic E-state index is -0.00475. The fourth-order valence-corrected chi connectivity index (χ4v) is 8.85. The van der Waals surface area contributed by atoms with Gasteiger partial charge in [-0.25, -0.2) is 0 Å². The van der Waals surface area contributed by atoms with Crippen molar-refractivity contribution < 1.29 is 28.5 Å². The molecule has 1 saturated heterocycles. The van der Waals surface area contributed by atoms with Crippen molar-refractivity contribution in [2.75, 3.05) is 53.4 Å². The van der Waals surface area contributed by atoms with Crippen LogP contribution >= 0.6 is 0 Å². The SMILES string of the molecule is CCCCCC(CCCCC)CCOC(=O)CCCCCCCC(CCCCCCCC(=O)OCCC(CCCCC)CCCCC)COCOCC1CCN(C)C1. The van der Waals surface area contributed by atoms with Crippen LogP contribution in [0.15, 0.2) is 0 Å². The van der Waals surface area contributed by atoms with E-state index >= 15 is 0 Å². The molecule has 0 aliphatic carbocycles. The van der Waals surface area contributed by atoms with Gasteiger partial charge in [-0.05, 0) is 82.2 Å². The maximum absolute atomic E-state index is 12.4. The van der Waals surface area contributed by atoms with E-state index in [1.807, 2.05) is 0 Å². The highest BCUT2D eigenvalue weighted by atomic mass is 16.7. The lowest BCUT2D eigenvalue weighted by atomic mass is 9.92. The summed E-state index contributed by atoms with van der Waals surface area (Å²) in [5, 5.41) is 0. The first-order valence-electron chi connectivity index (χ1n) is 25.6. The molecule has 1 rings (SSSR count). The zero-order valence-electron chi connectivity index (χ0n) is 39.5. The largest absolute Gasteiger partial charge is 0.466 e. The van der Waals surface area contributed by atoms with Crippen LogP contribution < -0.4 is 0 Å². The Morgan fingerprint density at radius 2 is 0.897 bits per heavy atom. The highest BCUT2D eigenvalue weighted by molar-refractivity contribution is 5.69. The van der Waals surface area contributed by atoms with Crippen LogP contribution in [0.5, 0.6) is 0 Å². The van der Waals surface area contributed by atoms with Gasteiger partial charge in [-0.3, -0.25) is 9.59 Å². The number of hydrogen-bond donors (Lipinski definition) is 0. The molecule has 0 radical (unpaired) electrons. The lowest BCUT2D eigenvalue weighted by Gasteiger charge is -2.18. The smallest absolute Gasteiger partial charge is 0.305 e. The summed E-state index contributed by atoms with van der Waals surface area (Å²) < 4.78 is 23.3. The maximum atomic E-state index is 12.4. The number of likely N-dealkylation sites (tertiary alicyclic amines) is 1. The van der Waals surface area contributed by atoms with Crippen molar-refractivity contribution in [1.82, 2.24) is 4.90 Å². The van der Waals surface area contributed by atoms with Crippen LogP contribution in [0.3, 0.4) is 0 Å². The molecule has 0 aromatic heterocycles. The Hall–Kier alpha value is -1.18. The molecule has 0 aromatic rings. The molecule has 1 aliphatic heterocycles. The molecule has 1 heterocycles. The summed E-state index contributed by atoms with van der Waals surface area (Å²) in [7, 11) is 2.19. The van der Waals surface area contributed by atoms with Crippen LogP contribution in [-0.2, 0) is 28.5 Å². The second kappa shape index (κ2) is 41.2. The number of nitrogens with zero attached hydrogens (tertiary/aromatic N) is 1. The third-order valence-corrected chi connectivity index (χ3v) is 12.8. The third-order valence-electron chi connectivity index (χ3n) is 12.8. The third kappa shape index (κ3) is 34.5. The molecule has 58 heavy (non-hydrogen) atoms. The fourth-order valence-electron chi connectivity index (χ4n) is 8.85. The molecule has 7 nitrogen and oxygen atoms in total. The van der Waals surface area contributed by atoms with Crippen LogP contribution in [-0.4, -0.2) is 70.2 Å². The van der Waals surface area contributed by atoms with Crippen molar-refractivity contribution in [2.45, 2.75) is 240 Å². The van der Waals surface area contributed by atoms with E-state index < -0.39 is 0 Å². The predicted octanol–water partition coefficient (Wildman–Crippen LogP) is 14.4. The summed E-state index contributed by atoms with van der Waals surface area (Å²) in [5.74, 6) is 2.61. The van der Waals surface area contributed by atoms with Gasteiger partial charge >= 0.3 is 11.9 Å². The van der Waals surface area contributed by atoms with Crippen LogP contribution in [0.4, 0.5) is 0 Å². The Morgan fingerprint density at radius 3 is 1.31 bits per heavy atom. The maximum Gasteiger partial charge on any atom is 0.305 e. The minimum Gasteiger partial charge on any atom is -0.466 e. The second-order valence-corrected chi connectivity index (χ2v) is 18.5. The lowest BCUT2D eigenvalue weighted by Crippen LogP contribution is -2.18. The lowest BCUT2D eigenvalue weighted by molar-refractivity contribution is -0.145. The van der Waals surface area contributed by atoms with E-state index in [0.717, 1.165) is 58.3 Å². The first-order chi connectivity index (χ1) is 28.4. The standard InChI is InChI=1S/C51H99NO6/c1-6-10-20-28-46(29-21-11-7-2)37-40-57-50(53)34-26-18-14-16-24-32-48(43-55-45-56-44-49-36-39-52(5)42-49)33-25-17-15-19-27-35-51(54)58-41-38-47(30-22-12-8-3)31-23-13-9-4/h46-49H,6-45H2,1-5H3. The summed E-state index contributed by atoms with van der Waals surface area (Å²) in [6.07, 6.45) is 38.7. The number of carbonyl (C=O) groups is 2. The van der Waals surface area contributed by atoms with E-state index in [-0.39, 0.29) is 11.9 Å². The van der Waals surface area contributed by atoms with Gasteiger partial charge in [0, 0.05) is 19.4 Å². The molecule has 1 unspecified atom stereocenters. The van der Waals surface area contributed by atoms with E-state index in [9.17, 15) is 9.59 Å². The molecule has 0 amide bonds. The summed E-state index contributed by atoms with van der Waals surface area (Å²) in [6.45, 7) is 14.5. The van der Waals surface area contributed by atoms with Crippen LogP contribution in [0.1, 0.15) is 240 Å². The first-order valence-corrected chi connectivity index (χ1v) is 25.6. The molecule has 7 heteroatoms. The Balaban J connectivity index is 2.27. The minimum absolute atomic E-state index is 0.00475. The van der Waals surface area contributed by atoms with Crippen molar-refractivity contribution >= 4 is 11.9 Å².